The van der Waals surface area contributed by atoms with Crippen molar-refractivity contribution in [2.45, 2.75) is 19.4 Å². The predicted molar refractivity (Wildman–Crippen MR) is 77.6 cm³/mol. The number of nitrogens with zero attached hydrogens (tertiary/aromatic N) is 2. The van der Waals surface area contributed by atoms with Gasteiger partial charge in [-0.1, -0.05) is 0 Å². The Morgan fingerprint density at radius 1 is 1.72 bits per heavy atom. The third kappa shape index (κ3) is 4.19. The van der Waals surface area contributed by atoms with Crippen LogP contribution in [0.3, 0.4) is 0 Å². The number of aromatic nitrogens is 2. The highest BCUT2D eigenvalue weighted by molar-refractivity contribution is 7.99. The summed E-state index contributed by atoms with van der Waals surface area (Å²) < 4.78 is 1.69. The van der Waals surface area contributed by atoms with Crippen LogP contribution >= 0.6 is 24.2 Å². The topological polar surface area (TPSA) is 59.0 Å². The molecular weight excluding hydrogens is 272 g/mol. The van der Waals surface area contributed by atoms with Gasteiger partial charge in [-0.05, 0) is 6.92 Å². The molecule has 0 aliphatic carbocycles. The van der Waals surface area contributed by atoms with Crippen molar-refractivity contribution in [2.75, 3.05) is 23.4 Å². The van der Waals surface area contributed by atoms with E-state index in [2.05, 4.69) is 15.7 Å². The van der Waals surface area contributed by atoms with Gasteiger partial charge in [0.1, 0.15) is 5.82 Å². The number of anilines is 1. The van der Waals surface area contributed by atoms with Crippen LogP contribution in [0.2, 0.25) is 0 Å². The quantitative estimate of drug-likeness (QED) is 0.878. The zero-order valence-electron chi connectivity index (χ0n) is 10.6. The normalized spacial score (nSPS) is 19.1. The van der Waals surface area contributed by atoms with Crippen molar-refractivity contribution < 1.29 is 4.79 Å². The Labute approximate surface area is 117 Å². The van der Waals surface area contributed by atoms with Gasteiger partial charge in [0, 0.05) is 43.6 Å². The first-order chi connectivity index (χ1) is 8.15. The van der Waals surface area contributed by atoms with E-state index < -0.39 is 0 Å². The van der Waals surface area contributed by atoms with E-state index in [9.17, 15) is 4.79 Å². The zero-order chi connectivity index (χ0) is 12.3. The van der Waals surface area contributed by atoms with Crippen LogP contribution in [-0.2, 0) is 11.8 Å². The van der Waals surface area contributed by atoms with Crippen molar-refractivity contribution in [1.29, 1.82) is 0 Å². The molecule has 1 aromatic heterocycles. The van der Waals surface area contributed by atoms with Crippen LogP contribution < -0.4 is 10.6 Å². The van der Waals surface area contributed by atoms with Crippen molar-refractivity contribution in [2.24, 2.45) is 7.05 Å². The molecular formula is C11H19ClN4OS. The molecule has 2 N–H and O–H groups in total. The highest BCUT2D eigenvalue weighted by Gasteiger charge is 2.17. The second-order valence-electron chi connectivity index (χ2n) is 4.27. The lowest BCUT2D eigenvalue weighted by Gasteiger charge is -2.22. The summed E-state index contributed by atoms with van der Waals surface area (Å²) in [5.41, 5.74) is 0.911. The average molecular weight is 291 g/mol. The van der Waals surface area contributed by atoms with E-state index in [1.807, 2.05) is 31.8 Å². The number of nitrogens with one attached hydrogen (secondary N) is 2. The second-order valence-corrected chi connectivity index (χ2v) is 5.42. The fourth-order valence-electron chi connectivity index (χ4n) is 1.90. The maximum atomic E-state index is 11.8. The molecule has 2 heterocycles. The molecule has 5 nitrogen and oxygen atoms in total. The number of aryl methyl sites for hydroxylation is 2. The highest BCUT2D eigenvalue weighted by atomic mass is 35.5. The molecule has 1 aliphatic rings. The van der Waals surface area contributed by atoms with E-state index in [1.165, 1.54) is 0 Å². The van der Waals surface area contributed by atoms with Crippen LogP contribution in [0.1, 0.15) is 12.1 Å². The molecule has 1 atom stereocenters. The van der Waals surface area contributed by atoms with Gasteiger partial charge in [0.25, 0.3) is 0 Å². The summed E-state index contributed by atoms with van der Waals surface area (Å²) in [4.78, 5) is 11.8. The summed E-state index contributed by atoms with van der Waals surface area (Å²) in [6.07, 6.45) is 0.525. The van der Waals surface area contributed by atoms with Gasteiger partial charge < -0.3 is 10.6 Å². The van der Waals surface area contributed by atoms with Crippen LogP contribution in [0, 0.1) is 6.92 Å². The number of hydrogen-bond acceptors (Lipinski definition) is 4. The highest BCUT2D eigenvalue weighted by Crippen LogP contribution is 2.12. The van der Waals surface area contributed by atoms with E-state index >= 15 is 0 Å². The van der Waals surface area contributed by atoms with Gasteiger partial charge in [-0.25, -0.2) is 0 Å². The van der Waals surface area contributed by atoms with E-state index in [-0.39, 0.29) is 18.3 Å². The van der Waals surface area contributed by atoms with Gasteiger partial charge in [0.15, 0.2) is 0 Å². The van der Waals surface area contributed by atoms with Crippen LogP contribution in [0.4, 0.5) is 5.82 Å². The molecule has 18 heavy (non-hydrogen) atoms. The van der Waals surface area contributed by atoms with Crippen LogP contribution in [0.15, 0.2) is 6.07 Å². The number of amides is 1. The number of halogens is 1. The fourth-order valence-corrected chi connectivity index (χ4v) is 2.85. The maximum Gasteiger partial charge on any atom is 0.227 e. The third-order valence-electron chi connectivity index (χ3n) is 2.70. The SMILES string of the molecule is Cc1cc(NC(=O)CC2CSCCN2)n(C)n1.Cl. The molecule has 0 bridgehead atoms. The lowest BCUT2D eigenvalue weighted by Crippen LogP contribution is -2.40. The molecule has 1 unspecified atom stereocenters. The molecule has 0 aromatic carbocycles. The van der Waals surface area contributed by atoms with Gasteiger partial charge >= 0.3 is 0 Å². The monoisotopic (exact) mass is 290 g/mol. The Balaban J connectivity index is 0.00000162. The van der Waals surface area contributed by atoms with Crippen molar-refractivity contribution in [3.05, 3.63) is 11.8 Å². The number of carbonyl (C=O) groups is 1. The van der Waals surface area contributed by atoms with Crippen molar-refractivity contribution in [1.82, 2.24) is 15.1 Å². The van der Waals surface area contributed by atoms with Crippen molar-refractivity contribution in [3.63, 3.8) is 0 Å². The first-order valence-corrected chi connectivity index (χ1v) is 6.92. The van der Waals surface area contributed by atoms with E-state index in [0.717, 1.165) is 29.6 Å². The lowest BCUT2D eigenvalue weighted by atomic mass is 10.2. The first-order valence-electron chi connectivity index (χ1n) is 5.77. The molecule has 0 spiro atoms. The van der Waals surface area contributed by atoms with E-state index in [0.29, 0.717) is 12.5 Å². The Morgan fingerprint density at radius 3 is 3.06 bits per heavy atom. The van der Waals surface area contributed by atoms with Crippen LogP contribution in [-0.4, -0.2) is 39.8 Å². The Kier molecular flexibility index (Phi) is 5.98. The minimum atomic E-state index is 0. The summed E-state index contributed by atoms with van der Waals surface area (Å²) in [5, 5.41) is 10.4. The first kappa shape index (κ1) is 15.3. The third-order valence-corrected chi connectivity index (χ3v) is 3.83. The molecule has 0 radical (unpaired) electrons. The number of rotatable bonds is 3. The Morgan fingerprint density at radius 2 is 2.50 bits per heavy atom. The Hall–Kier alpha value is -0.720. The molecule has 1 aliphatic heterocycles. The molecule has 102 valence electrons. The lowest BCUT2D eigenvalue weighted by molar-refractivity contribution is -0.116. The minimum Gasteiger partial charge on any atom is -0.312 e. The van der Waals surface area contributed by atoms with Gasteiger partial charge in [-0.15, -0.1) is 12.4 Å². The van der Waals surface area contributed by atoms with Gasteiger partial charge in [0.05, 0.1) is 5.69 Å². The molecule has 7 heteroatoms. The molecule has 1 fully saturated rings. The zero-order valence-corrected chi connectivity index (χ0v) is 12.2. The molecule has 1 amide bonds. The minimum absolute atomic E-state index is 0. The number of thioether (sulfide) groups is 1. The van der Waals surface area contributed by atoms with Gasteiger partial charge in [0.2, 0.25) is 5.91 Å². The summed E-state index contributed by atoms with van der Waals surface area (Å²) in [6, 6.07) is 2.17. The Bertz CT molecular complexity index is 404. The molecule has 2 rings (SSSR count). The van der Waals surface area contributed by atoms with Crippen molar-refractivity contribution >= 4 is 35.9 Å². The summed E-state index contributed by atoms with van der Waals surface area (Å²) in [7, 11) is 1.83. The standard InChI is InChI=1S/C11H18N4OS.ClH/c1-8-5-10(15(2)14-8)13-11(16)6-9-7-17-4-3-12-9;/h5,9,12H,3-4,6-7H2,1-2H3,(H,13,16);1H. The second kappa shape index (κ2) is 7.01. The van der Waals surface area contributed by atoms with Crippen molar-refractivity contribution in [3.8, 4) is 0 Å². The summed E-state index contributed by atoms with van der Waals surface area (Å²) in [5.74, 6) is 2.96. The molecule has 1 aromatic rings. The summed E-state index contributed by atoms with van der Waals surface area (Å²) in [6.45, 7) is 2.91. The average Bonchev–Trinajstić information content (AvgIpc) is 2.58. The molecule has 0 saturated carbocycles. The smallest absolute Gasteiger partial charge is 0.227 e. The maximum absolute atomic E-state index is 11.8. The number of carbonyl (C=O) groups excluding carboxylic acids is 1. The van der Waals surface area contributed by atoms with E-state index in [1.54, 1.807) is 4.68 Å². The predicted octanol–water partition coefficient (Wildman–Crippen LogP) is 1.18. The van der Waals surface area contributed by atoms with E-state index in [4.69, 9.17) is 0 Å². The summed E-state index contributed by atoms with van der Waals surface area (Å²) >= 11 is 1.90. The number of hydrogen-bond donors (Lipinski definition) is 2. The van der Waals surface area contributed by atoms with Crippen LogP contribution in [0.5, 0.6) is 0 Å². The largest absolute Gasteiger partial charge is 0.312 e. The van der Waals surface area contributed by atoms with Gasteiger partial charge in [-0.2, -0.15) is 16.9 Å². The van der Waals surface area contributed by atoms with Gasteiger partial charge in [-0.3, -0.25) is 9.48 Å². The fraction of sp³-hybridized carbons (Fsp3) is 0.636. The van der Waals surface area contributed by atoms with Crippen LogP contribution in [0.25, 0.3) is 0 Å². The molecule has 1 saturated heterocycles.